The first-order chi connectivity index (χ1) is 19.2. The van der Waals surface area contributed by atoms with E-state index in [9.17, 15) is 22.4 Å². The molecule has 3 rings (SSSR count). The zero-order chi connectivity index (χ0) is 30.4. The Morgan fingerprint density at radius 2 is 1.66 bits per heavy atom. The molecular formula is C30H35ClFN3O5S. The van der Waals surface area contributed by atoms with Gasteiger partial charge in [-0.15, -0.1) is 0 Å². The molecule has 0 aliphatic rings. The molecule has 0 aliphatic carbocycles. The number of anilines is 1. The summed E-state index contributed by atoms with van der Waals surface area (Å²) in [6.07, 6.45) is 1.07. The maximum atomic E-state index is 14.9. The van der Waals surface area contributed by atoms with Gasteiger partial charge in [0.25, 0.3) is 0 Å². The summed E-state index contributed by atoms with van der Waals surface area (Å²) in [5, 5.41) is 3.15. The Morgan fingerprint density at radius 3 is 2.24 bits per heavy atom. The van der Waals surface area contributed by atoms with E-state index < -0.39 is 45.8 Å². The molecule has 8 nitrogen and oxygen atoms in total. The van der Waals surface area contributed by atoms with Crippen LogP contribution >= 0.6 is 11.6 Å². The van der Waals surface area contributed by atoms with Gasteiger partial charge in [-0.2, -0.15) is 0 Å². The van der Waals surface area contributed by atoms with Gasteiger partial charge in [-0.25, -0.2) is 12.8 Å². The quantitative estimate of drug-likeness (QED) is 0.339. The summed E-state index contributed by atoms with van der Waals surface area (Å²) in [5.74, 6) is -1.56. The van der Waals surface area contributed by atoms with Crippen molar-refractivity contribution in [1.29, 1.82) is 0 Å². The Bertz CT molecular complexity index is 1480. The average Bonchev–Trinajstić information content (AvgIpc) is 2.89. The molecule has 0 unspecified atom stereocenters. The van der Waals surface area contributed by atoms with Gasteiger partial charge in [0.2, 0.25) is 21.8 Å². The predicted octanol–water partition coefficient (Wildman–Crippen LogP) is 4.81. The van der Waals surface area contributed by atoms with Crippen LogP contribution in [0.2, 0.25) is 5.02 Å². The third-order valence-electron chi connectivity index (χ3n) is 6.16. The van der Waals surface area contributed by atoms with Gasteiger partial charge in [-0.05, 0) is 50.6 Å². The van der Waals surface area contributed by atoms with E-state index in [1.54, 1.807) is 6.07 Å². The van der Waals surface area contributed by atoms with Gasteiger partial charge in [0.15, 0.2) is 0 Å². The van der Waals surface area contributed by atoms with Crippen LogP contribution < -0.4 is 14.4 Å². The van der Waals surface area contributed by atoms with Crippen molar-refractivity contribution < 1.29 is 27.1 Å². The van der Waals surface area contributed by atoms with Gasteiger partial charge in [0.05, 0.1) is 19.1 Å². The summed E-state index contributed by atoms with van der Waals surface area (Å²) in [7, 11) is -2.67. The molecule has 1 atom stereocenters. The lowest BCUT2D eigenvalue weighted by Crippen LogP contribution is -2.56. The molecule has 41 heavy (non-hydrogen) atoms. The second-order valence-electron chi connectivity index (χ2n) is 10.6. The third-order valence-corrected chi connectivity index (χ3v) is 7.52. The monoisotopic (exact) mass is 603 g/mol. The summed E-state index contributed by atoms with van der Waals surface area (Å²) in [6.45, 7) is 4.47. The molecule has 0 radical (unpaired) electrons. The number of benzene rings is 3. The highest BCUT2D eigenvalue weighted by Gasteiger charge is 2.35. The van der Waals surface area contributed by atoms with Gasteiger partial charge in [-0.1, -0.05) is 60.1 Å². The number of nitrogens with one attached hydrogen (secondary N) is 1. The van der Waals surface area contributed by atoms with Crippen LogP contribution in [0.4, 0.5) is 10.1 Å². The second kappa shape index (κ2) is 13.4. The number of sulfonamides is 1. The summed E-state index contributed by atoms with van der Waals surface area (Å²) in [6, 6.07) is 18.3. The Hall–Kier alpha value is -3.63. The van der Waals surface area contributed by atoms with E-state index in [-0.39, 0.29) is 35.0 Å². The number of ether oxygens (including phenoxy) is 1. The molecule has 0 spiro atoms. The van der Waals surface area contributed by atoms with Crippen molar-refractivity contribution >= 4 is 39.1 Å². The number of hydrogen-bond donors (Lipinski definition) is 1. The highest BCUT2D eigenvalue weighted by molar-refractivity contribution is 7.92. The van der Waals surface area contributed by atoms with Crippen LogP contribution in [0.3, 0.4) is 0 Å². The van der Waals surface area contributed by atoms with Crippen LogP contribution in [0, 0.1) is 5.82 Å². The van der Waals surface area contributed by atoms with E-state index in [4.69, 9.17) is 16.3 Å². The van der Waals surface area contributed by atoms with Crippen molar-refractivity contribution in [2.75, 3.05) is 24.2 Å². The van der Waals surface area contributed by atoms with Crippen molar-refractivity contribution in [1.82, 2.24) is 10.2 Å². The Labute approximate surface area is 246 Å². The van der Waals surface area contributed by atoms with Gasteiger partial charge in [0.1, 0.15) is 24.2 Å². The van der Waals surface area contributed by atoms with Crippen molar-refractivity contribution in [2.24, 2.45) is 0 Å². The fourth-order valence-corrected chi connectivity index (χ4v) is 5.28. The fourth-order valence-electron chi connectivity index (χ4n) is 4.27. The number of hydrogen-bond acceptors (Lipinski definition) is 5. The molecule has 0 saturated heterocycles. The van der Waals surface area contributed by atoms with Crippen molar-refractivity contribution in [3.05, 3.63) is 94.8 Å². The lowest BCUT2D eigenvalue weighted by Gasteiger charge is -2.35. The maximum absolute atomic E-state index is 14.9. The van der Waals surface area contributed by atoms with Crippen LogP contribution in [0.25, 0.3) is 0 Å². The second-order valence-corrected chi connectivity index (χ2v) is 13.0. The van der Waals surface area contributed by atoms with E-state index in [0.717, 1.165) is 16.1 Å². The van der Waals surface area contributed by atoms with Gasteiger partial charge >= 0.3 is 0 Å². The lowest BCUT2D eigenvalue weighted by molar-refractivity contribution is -0.140. The van der Waals surface area contributed by atoms with E-state index in [0.29, 0.717) is 0 Å². The van der Waals surface area contributed by atoms with Crippen molar-refractivity contribution in [3.63, 3.8) is 0 Å². The first-order valence-corrected chi connectivity index (χ1v) is 15.1. The minimum absolute atomic E-state index is 0.0560. The molecule has 220 valence electrons. The highest BCUT2D eigenvalue weighted by atomic mass is 35.5. The highest BCUT2D eigenvalue weighted by Crippen LogP contribution is 2.33. The van der Waals surface area contributed by atoms with Crippen LogP contribution in [0.1, 0.15) is 31.9 Å². The zero-order valence-corrected chi connectivity index (χ0v) is 25.3. The van der Waals surface area contributed by atoms with Crippen molar-refractivity contribution in [2.45, 2.75) is 45.3 Å². The zero-order valence-electron chi connectivity index (χ0n) is 23.7. The van der Waals surface area contributed by atoms with E-state index in [1.165, 1.54) is 48.4 Å². The molecule has 3 aromatic carbocycles. The largest absolute Gasteiger partial charge is 0.495 e. The van der Waals surface area contributed by atoms with Crippen LogP contribution in [0.5, 0.6) is 5.75 Å². The summed E-state index contributed by atoms with van der Waals surface area (Å²) < 4.78 is 47.0. The molecule has 2 amide bonds. The predicted molar refractivity (Wildman–Crippen MR) is 159 cm³/mol. The van der Waals surface area contributed by atoms with Crippen LogP contribution in [-0.2, 0) is 32.6 Å². The SMILES string of the molecule is COc1ccc(Cl)cc1N(CC(=O)N(Cc1ccccc1F)[C@H](Cc1ccccc1)C(=O)NC(C)(C)C)S(C)(=O)=O. The third kappa shape index (κ3) is 8.93. The molecule has 0 saturated carbocycles. The molecule has 3 aromatic rings. The summed E-state index contributed by atoms with van der Waals surface area (Å²) in [4.78, 5) is 29.1. The standard InChI is InChI=1S/C30H35ClFN3O5S/c1-30(2,3)33-29(37)26(17-21-11-7-6-8-12-21)34(19-22-13-9-10-14-24(22)32)28(36)20-35(41(5,38)39)25-18-23(31)15-16-27(25)40-4/h6-16,18,26H,17,19-20H2,1-5H3,(H,33,37)/t26-/m1/s1. The number of rotatable bonds is 11. The maximum Gasteiger partial charge on any atom is 0.244 e. The van der Waals surface area contributed by atoms with E-state index >= 15 is 0 Å². The Kier molecular flexibility index (Phi) is 10.4. The molecule has 11 heteroatoms. The summed E-state index contributed by atoms with van der Waals surface area (Å²) >= 11 is 6.17. The summed E-state index contributed by atoms with van der Waals surface area (Å²) in [5.41, 5.74) is 0.365. The first kappa shape index (κ1) is 31.9. The molecule has 0 fully saturated rings. The van der Waals surface area contributed by atoms with Crippen LogP contribution in [0.15, 0.2) is 72.8 Å². The number of methoxy groups -OCH3 is 1. The van der Waals surface area contributed by atoms with E-state index in [1.807, 2.05) is 51.1 Å². The minimum Gasteiger partial charge on any atom is -0.495 e. The molecular weight excluding hydrogens is 569 g/mol. The Morgan fingerprint density at radius 1 is 1.02 bits per heavy atom. The Balaban J connectivity index is 2.13. The van der Waals surface area contributed by atoms with E-state index in [2.05, 4.69) is 5.32 Å². The number of nitrogens with zero attached hydrogens (tertiary/aromatic N) is 2. The topological polar surface area (TPSA) is 96.0 Å². The number of halogens is 2. The smallest absolute Gasteiger partial charge is 0.244 e. The van der Waals surface area contributed by atoms with Gasteiger partial charge in [0, 0.05) is 29.1 Å². The number of carbonyl (C=O) groups excluding carboxylic acids is 2. The molecule has 0 bridgehead atoms. The van der Waals surface area contributed by atoms with Crippen molar-refractivity contribution in [3.8, 4) is 5.75 Å². The average molecular weight is 604 g/mol. The van der Waals surface area contributed by atoms with Crippen LogP contribution in [-0.4, -0.2) is 56.6 Å². The normalized spacial score (nSPS) is 12.4. The molecule has 1 N–H and O–H groups in total. The van der Waals surface area contributed by atoms with Gasteiger partial charge in [-0.3, -0.25) is 13.9 Å². The van der Waals surface area contributed by atoms with Gasteiger partial charge < -0.3 is 15.0 Å². The minimum atomic E-state index is -4.04. The molecule has 0 aromatic heterocycles. The fraction of sp³-hybridized carbons (Fsp3) is 0.333. The lowest BCUT2D eigenvalue weighted by atomic mass is 10.0. The molecule has 0 heterocycles. The number of carbonyl (C=O) groups is 2. The number of amides is 2. The molecule has 0 aliphatic heterocycles. The first-order valence-electron chi connectivity index (χ1n) is 12.9.